The molecule has 0 spiro atoms. The van der Waals surface area contributed by atoms with Crippen LogP contribution < -0.4 is 4.74 Å². The van der Waals surface area contributed by atoms with E-state index in [1.165, 1.54) is 18.5 Å². The molecule has 1 aliphatic carbocycles. The van der Waals surface area contributed by atoms with Gasteiger partial charge in [-0.1, -0.05) is 26.0 Å². The average Bonchev–Trinajstić information content (AvgIpc) is 3.39. The van der Waals surface area contributed by atoms with Crippen molar-refractivity contribution in [1.82, 2.24) is 4.98 Å². The number of ether oxygens (including phenoxy) is 1. The first-order valence-electron chi connectivity index (χ1n) is 8.23. The molecule has 1 saturated carbocycles. The molecule has 122 valence electrons. The van der Waals surface area contributed by atoms with E-state index in [-0.39, 0.29) is 12.0 Å². The van der Waals surface area contributed by atoms with E-state index in [0.717, 1.165) is 28.1 Å². The maximum absolute atomic E-state index is 9.65. The van der Waals surface area contributed by atoms with Crippen LogP contribution in [0.25, 0.3) is 11.1 Å². The van der Waals surface area contributed by atoms with Gasteiger partial charge in [-0.2, -0.15) is 0 Å². The van der Waals surface area contributed by atoms with E-state index in [4.69, 9.17) is 9.72 Å². The molecule has 3 rings (SSSR count). The Labute approximate surface area is 138 Å². The second kappa shape index (κ2) is 5.97. The van der Waals surface area contributed by atoms with Crippen LogP contribution in [0.1, 0.15) is 49.6 Å². The Hall–Kier alpha value is -1.87. The third-order valence-corrected chi connectivity index (χ3v) is 4.77. The standard InChI is InChI=1S/C20H25NO2/c1-13-16(8-9-18(21-13)14-5-6-14)17-11-15(20(2,3)12-22)7-10-19(17)23-4/h7-11,14,22H,5-6,12H2,1-4H3. The Morgan fingerprint density at radius 3 is 2.48 bits per heavy atom. The Morgan fingerprint density at radius 2 is 1.91 bits per heavy atom. The fourth-order valence-corrected chi connectivity index (χ4v) is 2.90. The lowest BCUT2D eigenvalue weighted by Gasteiger charge is -2.24. The van der Waals surface area contributed by atoms with Crippen molar-refractivity contribution in [3.63, 3.8) is 0 Å². The highest BCUT2D eigenvalue weighted by atomic mass is 16.5. The van der Waals surface area contributed by atoms with Crippen LogP contribution in [0.4, 0.5) is 0 Å². The van der Waals surface area contributed by atoms with E-state index in [1.807, 2.05) is 26.0 Å². The lowest BCUT2D eigenvalue weighted by molar-refractivity contribution is 0.218. The molecular formula is C20H25NO2. The van der Waals surface area contributed by atoms with Gasteiger partial charge in [0.15, 0.2) is 0 Å². The smallest absolute Gasteiger partial charge is 0.126 e. The van der Waals surface area contributed by atoms with Gasteiger partial charge in [-0.05, 0) is 43.5 Å². The van der Waals surface area contributed by atoms with Crippen LogP contribution >= 0.6 is 0 Å². The zero-order valence-electron chi connectivity index (χ0n) is 14.4. The quantitative estimate of drug-likeness (QED) is 0.899. The first kappa shape index (κ1) is 16.0. The third-order valence-electron chi connectivity index (χ3n) is 4.77. The third kappa shape index (κ3) is 3.11. The largest absolute Gasteiger partial charge is 0.496 e. The molecule has 0 amide bonds. The molecule has 23 heavy (non-hydrogen) atoms. The van der Waals surface area contributed by atoms with Gasteiger partial charge >= 0.3 is 0 Å². The molecule has 0 atom stereocenters. The molecule has 0 aliphatic heterocycles. The number of aryl methyl sites for hydroxylation is 1. The van der Waals surface area contributed by atoms with Gasteiger partial charge in [0.05, 0.1) is 13.7 Å². The second-order valence-corrected chi connectivity index (χ2v) is 7.10. The predicted molar refractivity (Wildman–Crippen MR) is 93.0 cm³/mol. The highest BCUT2D eigenvalue weighted by molar-refractivity contribution is 5.73. The minimum Gasteiger partial charge on any atom is -0.496 e. The molecule has 0 bridgehead atoms. The molecular weight excluding hydrogens is 286 g/mol. The summed E-state index contributed by atoms with van der Waals surface area (Å²) in [6, 6.07) is 10.4. The fraction of sp³-hybridized carbons (Fsp3) is 0.450. The van der Waals surface area contributed by atoms with Gasteiger partial charge in [0.2, 0.25) is 0 Å². The van der Waals surface area contributed by atoms with E-state index in [9.17, 15) is 5.11 Å². The number of benzene rings is 1. The normalized spacial score (nSPS) is 14.8. The first-order chi connectivity index (χ1) is 11.0. The second-order valence-electron chi connectivity index (χ2n) is 7.10. The number of aliphatic hydroxyl groups is 1. The fourth-order valence-electron chi connectivity index (χ4n) is 2.90. The van der Waals surface area contributed by atoms with E-state index in [0.29, 0.717) is 5.92 Å². The maximum atomic E-state index is 9.65. The molecule has 1 aromatic carbocycles. The van der Waals surface area contributed by atoms with Crippen molar-refractivity contribution in [2.45, 2.75) is 44.9 Å². The van der Waals surface area contributed by atoms with Crippen LogP contribution in [-0.2, 0) is 5.41 Å². The molecule has 1 aromatic heterocycles. The van der Waals surface area contributed by atoms with E-state index < -0.39 is 0 Å². The summed E-state index contributed by atoms with van der Waals surface area (Å²) in [6.45, 7) is 6.25. The van der Waals surface area contributed by atoms with Crippen molar-refractivity contribution >= 4 is 0 Å². The van der Waals surface area contributed by atoms with Gasteiger partial charge in [0.25, 0.3) is 0 Å². The zero-order chi connectivity index (χ0) is 16.6. The molecule has 0 radical (unpaired) electrons. The summed E-state index contributed by atoms with van der Waals surface area (Å²) in [7, 11) is 1.69. The van der Waals surface area contributed by atoms with Crippen molar-refractivity contribution in [1.29, 1.82) is 0 Å². The Bertz CT molecular complexity index is 718. The summed E-state index contributed by atoms with van der Waals surface area (Å²) in [5, 5.41) is 9.65. The lowest BCUT2D eigenvalue weighted by atomic mass is 9.84. The number of methoxy groups -OCH3 is 1. The van der Waals surface area contributed by atoms with E-state index in [1.54, 1.807) is 7.11 Å². The highest BCUT2D eigenvalue weighted by Gasteiger charge is 2.26. The Kier molecular flexibility index (Phi) is 4.15. The molecule has 3 heteroatoms. The topological polar surface area (TPSA) is 42.4 Å². The zero-order valence-corrected chi connectivity index (χ0v) is 14.4. The number of pyridine rings is 1. The molecule has 1 fully saturated rings. The van der Waals surface area contributed by atoms with Gasteiger partial charge in [0.1, 0.15) is 5.75 Å². The summed E-state index contributed by atoms with van der Waals surface area (Å²) in [4.78, 5) is 4.79. The Balaban J connectivity index is 2.08. The average molecular weight is 311 g/mol. The lowest BCUT2D eigenvalue weighted by Crippen LogP contribution is -2.22. The van der Waals surface area contributed by atoms with Crippen molar-refractivity contribution < 1.29 is 9.84 Å². The molecule has 3 nitrogen and oxygen atoms in total. The molecule has 1 heterocycles. The predicted octanol–water partition coefficient (Wildman–Crippen LogP) is 4.21. The molecule has 1 N–H and O–H groups in total. The number of rotatable bonds is 5. The van der Waals surface area contributed by atoms with Crippen molar-refractivity contribution in [2.75, 3.05) is 13.7 Å². The van der Waals surface area contributed by atoms with Crippen LogP contribution in [0.2, 0.25) is 0 Å². The van der Waals surface area contributed by atoms with Gasteiger partial charge in [-0.15, -0.1) is 0 Å². The summed E-state index contributed by atoms with van der Waals surface area (Å²) < 4.78 is 5.56. The molecule has 2 aromatic rings. The number of hydrogen-bond donors (Lipinski definition) is 1. The van der Waals surface area contributed by atoms with Crippen LogP contribution in [0.15, 0.2) is 30.3 Å². The van der Waals surface area contributed by atoms with Crippen LogP contribution in [-0.4, -0.2) is 23.8 Å². The van der Waals surface area contributed by atoms with Gasteiger partial charge in [0, 0.05) is 33.8 Å². The summed E-state index contributed by atoms with van der Waals surface area (Å²) in [5.41, 5.74) is 5.20. The van der Waals surface area contributed by atoms with Gasteiger partial charge in [-0.25, -0.2) is 0 Å². The molecule has 0 saturated heterocycles. The van der Waals surface area contributed by atoms with Gasteiger partial charge < -0.3 is 9.84 Å². The maximum Gasteiger partial charge on any atom is 0.126 e. The summed E-state index contributed by atoms with van der Waals surface area (Å²) >= 11 is 0. The van der Waals surface area contributed by atoms with Crippen LogP contribution in [0, 0.1) is 6.92 Å². The number of aliphatic hydroxyl groups excluding tert-OH is 1. The van der Waals surface area contributed by atoms with E-state index >= 15 is 0 Å². The molecule has 1 aliphatic rings. The number of nitrogens with zero attached hydrogens (tertiary/aromatic N) is 1. The highest BCUT2D eigenvalue weighted by Crippen LogP contribution is 2.41. The van der Waals surface area contributed by atoms with Crippen molar-refractivity contribution in [3.8, 4) is 16.9 Å². The summed E-state index contributed by atoms with van der Waals surface area (Å²) in [5.74, 6) is 1.50. The monoisotopic (exact) mass is 311 g/mol. The number of aromatic nitrogens is 1. The van der Waals surface area contributed by atoms with Crippen molar-refractivity contribution in [3.05, 3.63) is 47.3 Å². The Morgan fingerprint density at radius 1 is 1.17 bits per heavy atom. The minimum absolute atomic E-state index is 0.108. The van der Waals surface area contributed by atoms with Gasteiger partial charge in [-0.3, -0.25) is 4.98 Å². The first-order valence-corrected chi connectivity index (χ1v) is 8.23. The molecule has 0 unspecified atom stereocenters. The SMILES string of the molecule is COc1ccc(C(C)(C)CO)cc1-c1ccc(C2CC2)nc1C. The van der Waals surface area contributed by atoms with Crippen LogP contribution in [0.5, 0.6) is 5.75 Å². The van der Waals surface area contributed by atoms with Crippen molar-refractivity contribution in [2.24, 2.45) is 0 Å². The summed E-state index contributed by atoms with van der Waals surface area (Å²) in [6.07, 6.45) is 2.52. The van der Waals surface area contributed by atoms with Crippen LogP contribution in [0.3, 0.4) is 0 Å². The van der Waals surface area contributed by atoms with E-state index in [2.05, 4.69) is 25.1 Å². The number of hydrogen-bond acceptors (Lipinski definition) is 3. The minimum atomic E-state index is -0.281.